The summed E-state index contributed by atoms with van der Waals surface area (Å²) >= 11 is 1.89. The van der Waals surface area contributed by atoms with E-state index in [0.29, 0.717) is 11.9 Å². The Morgan fingerprint density at radius 3 is 2.64 bits per heavy atom. The fourth-order valence-electron chi connectivity index (χ4n) is 1.81. The molecular weight excluding hydrogens is 194 g/mol. The van der Waals surface area contributed by atoms with Crippen LogP contribution in [0.5, 0.6) is 0 Å². The van der Waals surface area contributed by atoms with Gasteiger partial charge in [-0.25, -0.2) is 0 Å². The minimum absolute atomic E-state index is 0.314. The van der Waals surface area contributed by atoms with Gasteiger partial charge in [-0.2, -0.15) is 11.8 Å². The summed E-state index contributed by atoms with van der Waals surface area (Å²) in [5.41, 5.74) is 0. The Morgan fingerprint density at radius 1 is 1.29 bits per heavy atom. The van der Waals surface area contributed by atoms with Crippen molar-refractivity contribution in [1.82, 2.24) is 4.90 Å². The highest BCUT2D eigenvalue weighted by Crippen LogP contribution is 2.13. The first-order valence-corrected chi connectivity index (χ1v) is 6.82. The molecule has 1 heterocycles. The van der Waals surface area contributed by atoms with E-state index < -0.39 is 0 Å². The van der Waals surface area contributed by atoms with Crippen molar-refractivity contribution >= 4 is 11.8 Å². The van der Waals surface area contributed by atoms with Gasteiger partial charge in [0.25, 0.3) is 0 Å². The van der Waals surface area contributed by atoms with Crippen LogP contribution in [-0.2, 0) is 0 Å². The first-order chi connectivity index (χ1) is 6.83. The first kappa shape index (κ1) is 12.3. The lowest BCUT2D eigenvalue weighted by Crippen LogP contribution is -2.30. The Hall–Kier alpha value is 0.270. The Bertz CT molecular complexity index is 137. The van der Waals surface area contributed by atoms with Crippen LogP contribution in [-0.4, -0.2) is 47.3 Å². The summed E-state index contributed by atoms with van der Waals surface area (Å²) < 4.78 is 0. The molecule has 14 heavy (non-hydrogen) atoms. The number of hydrogen-bond acceptors (Lipinski definition) is 3. The second-order valence-electron chi connectivity index (χ2n) is 4.12. The first-order valence-electron chi connectivity index (χ1n) is 5.77. The minimum atomic E-state index is 0.314. The van der Waals surface area contributed by atoms with Crippen molar-refractivity contribution in [3.63, 3.8) is 0 Å². The zero-order chi connectivity index (χ0) is 10.2. The molecule has 0 unspecified atom stereocenters. The molecule has 1 fully saturated rings. The molecule has 3 heteroatoms. The second kappa shape index (κ2) is 7.55. The fourth-order valence-corrected chi connectivity index (χ4v) is 2.61. The summed E-state index contributed by atoms with van der Waals surface area (Å²) in [5.74, 6) is 1.19. The second-order valence-corrected chi connectivity index (χ2v) is 5.67. The van der Waals surface area contributed by atoms with Gasteiger partial charge in [0.15, 0.2) is 0 Å². The van der Waals surface area contributed by atoms with Crippen LogP contribution in [0.3, 0.4) is 0 Å². The molecule has 2 nitrogen and oxygen atoms in total. The highest BCUT2D eigenvalue weighted by atomic mass is 32.2. The molecule has 0 amide bonds. The van der Waals surface area contributed by atoms with Gasteiger partial charge in [0.2, 0.25) is 0 Å². The van der Waals surface area contributed by atoms with Gasteiger partial charge in [-0.3, -0.25) is 0 Å². The van der Waals surface area contributed by atoms with Crippen molar-refractivity contribution in [2.24, 2.45) is 0 Å². The van der Waals surface area contributed by atoms with Crippen LogP contribution in [0.25, 0.3) is 0 Å². The van der Waals surface area contributed by atoms with Gasteiger partial charge < -0.3 is 10.0 Å². The van der Waals surface area contributed by atoms with Crippen molar-refractivity contribution in [3.05, 3.63) is 0 Å². The van der Waals surface area contributed by atoms with Gasteiger partial charge in [-0.15, -0.1) is 0 Å². The lowest BCUT2D eigenvalue weighted by molar-refractivity contribution is 0.230. The molecule has 0 aromatic carbocycles. The SMILES string of the molecule is C[C@H](CO)SCCCN1CCCCC1. The summed E-state index contributed by atoms with van der Waals surface area (Å²) in [5, 5.41) is 9.26. The zero-order valence-corrected chi connectivity index (χ0v) is 10.1. The third-order valence-electron chi connectivity index (χ3n) is 2.73. The van der Waals surface area contributed by atoms with Crippen LogP contribution in [0.1, 0.15) is 32.6 Å². The smallest absolute Gasteiger partial charge is 0.0547 e. The standard InChI is InChI=1S/C11H23NOS/c1-11(10-13)14-9-5-8-12-6-3-2-4-7-12/h11,13H,2-10H2,1H3/t11-/m1/s1. The van der Waals surface area contributed by atoms with E-state index in [4.69, 9.17) is 5.11 Å². The van der Waals surface area contributed by atoms with Gasteiger partial charge in [0, 0.05) is 5.25 Å². The molecule has 0 radical (unpaired) electrons. The van der Waals surface area contributed by atoms with E-state index in [1.807, 2.05) is 11.8 Å². The molecule has 0 saturated carbocycles. The lowest BCUT2D eigenvalue weighted by atomic mass is 10.1. The lowest BCUT2D eigenvalue weighted by Gasteiger charge is -2.26. The number of rotatable bonds is 6. The molecule has 1 aliphatic rings. The van der Waals surface area contributed by atoms with Crippen LogP contribution < -0.4 is 0 Å². The van der Waals surface area contributed by atoms with E-state index >= 15 is 0 Å². The van der Waals surface area contributed by atoms with Crippen molar-refractivity contribution in [2.75, 3.05) is 32.0 Å². The summed E-state index contributed by atoms with van der Waals surface area (Å²) in [4.78, 5) is 2.58. The molecule has 1 aliphatic heterocycles. The van der Waals surface area contributed by atoms with E-state index in [1.165, 1.54) is 51.1 Å². The molecular formula is C11H23NOS. The molecule has 1 N–H and O–H groups in total. The van der Waals surface area contributed by atoms with Gasteiger partial charge in [-0.05, 0) is 44.6 Å². The summed E-state index contributed by atoms with van der Waals surface area (Å²) in [6.45, 7) is 6.27. The van der Waals surface area contributed by atoms with Gasteiger partial charge in [-0.1, -0.05) is 13.3 Å². The predicted molar refractivity (Wildman–Crippen MR) is 63.9 cm³/mol. The largest absolute Gasteiger partial charge is 0.395 e. The van der Waals surface area contributed by atoms with Crippen molar-refractivity contribution in [1.29, 1.82) is 0 Å². The van der Waals surface area contributed by atoms with E-state index in [0.717, 1.165) is 0 Å². The van der Waals surface area contributed by atoms with Crippen LogP contribution in [0.2, 0.25) is 0 Å². The maximum absolute atomic E-state index is 8.85. The normalized spacial score (nSPS) is 21.0. The molecule has 1 rings (SSSR count). The highest BCUT2D eigenvalue weighted by Gasteiger charge is 2.09. The quantitative estimate of drug-likeness (QED) is 0.688. The highest BCUT2D eigenvalue weighted by molar-refractivity contribution is 7.99. The predicted octanol–water partition coefficient (Wildman–Crippen LogP) is 1.98. The van der Waals surface area contributed by atoms with Gasteiger partial charge in [0.1, 0.15) is 0 Å². The van der Waals surface area contributed by atoms with E-state index in [2.05, 4.69) is 11.8 Å². The van der Waals surface area contributed by atoms with Crippen molar-refractivity contribution < 1.29 is 5.11 Å². The van der Waals surface area contributed by atoms with E-state index in [1.54, 1.807) is 0 Å². The Kier molecular flexibility index (Phi) is 6.65. The third kappa shape index (κ3) is 5.23. The van der Waals surface area contributed by atoms with Crippen molar-refractivity contribution in [3.8, 4) is 0 Å². The minimum Gasteiger partial charge on any atom is -0.395 e. The number of thioether (sulfide) groups is 1. The van der Waals surface area contributed by atoms with E-state index in [-0.39, 0.29) is 0 Å². The fraction of sp³-hybridized carbons (Fsp3) is 1.00. The van der Waals surface area contributed by atoms with E-state index in [9.17, 15) is 0 Å². The monoisotopic (exact) mass is 217 g/mol. The number of piperidine rings is 1. The molecule has 0 aromatic rings. The summed E-state index contributed by atoms with van der Waals surface area (Å²) in [6.07, 6.45) is 5.47. The number of hydrogen-bond donors (Lipinski definition) is 1. The van der Waals surface area contributed by atoms with Crippen LogP contribution in [0.15, 0.2) is 0 Å². The maximum atomic E-state index is 8.85. The number of likely N-dealkylation sites (tertiary alicyclic amines) is 1. The Labute approximate surface area is 92.1 Å². The van der Waals surface area contributed by atoms with Crippen LogP contribution in [0, 0.1) is 0 Å². The third-order valence-corrected chi connectivity index (χ3v) is 3.97. The number of aliphatic hydroxyl groups is 1. The molecule has 0 bridgehead atoms. The average molecular weight is 217 g/mol. The van der Waals surface area contributed by atoms with Crippen molar-refractivity contribution in [2.45, 2.75) is 37.9 Å². The number of aliphatic hydroxyl groups excluding tert-OH is 1. The van der Waals surface area contributed by atoms with Crippen LogP contribution >= 0.6 is 11.8 Å². The molecule has 84 valence electrons. The number of nitrogens with zero attached hydrogens (tertiary/aromatic N) is 1. The molecule has 0 spiro atoms. The molecule has 1 saturated heterocycles. The molecule has 0 aliphatic carbocycles. The maximum Gasteiger partial charge on any atom is 0.0547 e. The Balaban J connectivity index is 1.92. The Morgan fingerprint density at radius 2 is 2.00 bits per heavy atom. The average Bonchev–Trinajstić information content (AvgIpc) is 2.25. The van der Waals surface area contributed by atoms with Gasteiger partial charge in [0.05, 0.1) is 6.61 Å². The van der Waals surface area contributed by atoms with Gasteiger partial charge >= 0.3 is 0 Å². The van der Waals surface area contributed by atoms with Crippen LogP contribution in [0.4, 0.5) is 0 Å². The molecule has 1 atom stereocenters. The summed E-state index contributed by atoms with van der Waals surface area (Å²) in [6, 6.07) is 0. The summed E-state index contributed by atoms with van der Waals surface area (Å²) in [7, 11) is 0. The molecule has 0 aromatic heterocycles. The topological polar surface area (TPSA) is 23.5 Å². The zero-order valence-electron chi connectivity index (χ0n) is 9.24.